The largest absolute Gasteiger partial charge is 2.00 e. The van der Waals surface area contributed by atoms with Crippen LogP contribution >= 0.6 is 7.92 Å². The molecule has 0 fully saturated rings. The number of allylic oxidation sites excluding steroid dienone is 3. The van der Waals surface area contributed by atoms with Gasteiger partial charge in [0.15, 0.2) is 0 Å². The summed E-state index contributed by atoms with van der Waals surface area (Å²) >= 11 is 0. The molecule has 198 valence electrons. The fourth-order valence-corrected chi connectivity index (χ4v) is 7.37. The molecule has 0 saturated heterocycles. The van der Waals surface area contributed by atoms with Crippen LogP contribution in [0.1, 0.15) is 18.1 Å². The minimum atomic E-state index is -0.493. The van der Waals surface area contributed by atoms with Gasteiger partial charge in [0.05, 0.1) is 0 Å². The van der Waals surface area contributed by atoms with E-state index in [2.05, 4.69) is 146 Å². The standard InChI is InChI=1S/C21H16P.C13H9.C5H8.Zr/c1-3-11-19(12-4-1)22(20-13-5-2-6-14-20)21-15-17-9-7-8-10-18(17)16-21;1-3-7-12-10(5-1)9-11-6-2-4-8-13(11)12;1-3-5-4-2;/h1-16H;1-5,7-8H,9H2;3-5H,1H2,2H3;/q2*-1;;+2. The van der Waals surface area contributed by atoms with Crippen LogP contribution < -0.4 is 15.9 Å². The van der Waals surface area contributed by atoms with E-state index in [1.54, 1.807) is 6.08 Å². The molecule has 6 aromatic rings. The number of hydrogen-bond donors (Lipinski definition) is 0. The molecule has 0 N–H and O–H groups in total. The van der Waals surface area contributed by atoms with E-state index in [9.17, 15) is 0 Å². The Balaban J connectivity index is 0.000000173. The molecule has 0 radical (unpaired) electrons. The molecule has 7 rings (SSSR count). The van der Waals surface area contributed by atoms with Crippen molar-refractivity contribution in [1.82, 2.24) is 0 Å². The second-order valence-corrected chi connectivity index (χ2v) is 11.7. The predicted octanol–water partition coefficient (Wildman–Crippen LogP) is 9.12. The average molecular weight is 624 g/mol. The maximum absolute atomic E-state index is 3.46. The van der Waals surface area contributed by atoms with E-state index < -0.39 is 7.92 Å². The normalized spacial score (nSPS) is 11.0. The van der Waals surface area contributed by atoms with Crippen LogP contribution in [0.15, 0.2) is 164 Å². The zero-order valence-electron chi connectivity index (χ0n) is 23.4. The van der Waals surface area contributed by atoms with Gasteiger partial charge in [-0.05, 0) is 31.9 Å². The van der Waals surface area contributed by atoms with E-state index >= 15 is 0 Å². The minimum Gasteiger partial charge on any atom is -0.179 e. The van der Waals surface area contributed by atoms with E-state index in [4.69, 9.17) is 0 Å². The number of rotatable bonds is 4. The molecule has 0 aliphatic heterocycles. The van der Waals surface area contributed by atoms with Crippen LogP contribution in [0, 0.1) is 6.07 Å². The van der Waals surface area contributed by atoms with Crippen molar-refractivity contribution >= 4 is 34.6 Å². The van der Waals surface area contributed by atoms with Gasteiger partial charge in [-0.3, -0.25) is 0 Å². The topological polar surface area (TPSA) is 0 Å². The molecule has 0 saturated carbocycles. The van der Waals surface area contributed by atoms with E-state index in [1.807, 2.05) is 25.1 Å². The maximum Gasteiger partial charge on any atom is 2.00 e. The number of fused-ring (bicyclic) bond motifs is 4. The summed E-state index contributed by atoms with van der Waals surface area (Å²) in [6.45, 7) is 5.42. The summed E-state index contributed by atoms with van der Waals surface area (Å²) in [5, 5.41) is 6.89. The van der Waals surface area contributed by atoms with E-state index in [-0.39, 0.29) is 26.2 Å². The number of benzene rings is 5. The van der Waals surface area contributed by atoms with Gasteiger partial charge in [0, 0.05) is 0 Å². The van der Waals surface area contributed by atoms with Gasteiger partial charge in [-0.2, -0.15) is 35.9 Å². The Morgan fingerprint density at radius 2 is 1.34 bits per heavy atom. The summed E-state index contributed by atoms with van der Waals surface area (Å²) in [6, 6.07) is 53.1. The van der Waals surface area contributed by atoms with Crippen molar-refractivity contribution < 1.29 is 26.2 Å². The Bertz CT molecular complexity index is 1580. The first-order valence-electron chi connectivity index (χ1n) is 13.7. The van der Waals surface area contributed by atoms with Crippen LogP contribution in [0.25, 0.3) is 21.9 Å². The maximum atomic E-state index is 3.46. The third-order valence-electron chi connectivity index (χ3n) is 6.83. The molecule has 0 amide bonds. The SMILES string of the molecule is C=CC=CC.[Zr+2].[c-]1cccc2c1Cc1ccccc1-2.c1ccc(P(c2ccccc2)c2cc3ccccc3[cH-]2)cc1. The average Bonchev–Trinajstić information content (AvgIpc) is 3.61. The quantitative estimate of drug-likeness (QED) is 0.104. The molecule has 0 atom stereocenters. The van der Waals surface area contributed by atoms with Gasteiger partial charge in [-0.15, -0.1) is 45.9 Å². The van der Waals surface area contributed by atoms with Crippen molar-refractivity contribution in [3.05, 3.63) is 182 Å². The molecule has 1 aliphatic carbocycles. The van der Waals surface area contributed by atoms with Crippen LogP contribution in [-0.4, -0.2) is 0 Å². The molecular formula is C39H33PZr. The van der Waals surface area contributed by atoms with Gasteiger partial charge in [0.2, 0.25) is 0 Å². The van der Waals surface area contributed by atoms with Crippen molar-refractivity contribution in [1.29, 1.82) is 0 Å². The molecule has 0 aromatic heterocycles. The van der Waals surface area contributed by atoms with Gasteiger partial charge in [0.1, 0.15) is 0 Å². The van der Waals surface area contributed by atoms with Crippen LogP contribution in [0.3, 0.4) is 0 Å². The van der Waals surface area contributed by atoms with Gasteiger partial charge >= 0.3 is 26.2 Å². The van der Waals surface area contributed by atoms with Crippen molar-refractivity contribution in [3.63, 3.8) is 0 Å². The molecule has 2 heteroatoms. The van der Waals surface area contributed by atoms with Crippen molar-refractivity contribution in [2.75, 3.05) is 0 Å². The van der Waals surface area contributed by atoms with Crippen LogP contribution in [0.4, 0.5) is 0 Å². The first-order valence-corrected chi connectivity index (χ1v) is 15.0. The Labute approximate surface area is 265 Å². The second-order valence-electron chi connectivity index (χ2n) is 9.51. The summed E-state index contributed by atoms with van der Waals surface area (Å²) in [5.41, 5.74) is 5.51. The summed E-state index contributed by atoms with van der Waals surface area (Å²) in [7, 11) is -0.493. The summed E-state index contributed by atoms with van der Waals surface area (Å²) < 4.78 is 0. The third kappa shape index (κ3) is 7.62. The molecule has 0 unspecified atom stereocenters. The van der Waals surface area contributed by atoms with Crippen molar-refractivity contribution in [3.8, 4) is 11.1 Å². The van der Waals surface area contributed by atoms with Gasteiger partial charge in [-0.1, -0.05) is 127 Å². The first-order chi connectivity index (χ1) is 19.8. The summed E-state index contributed by atoms with van der Waals surface area (Å²) in [5.74, 6) is 0. The molecule has 0 heterocycles. The Kier molecular flexibility index (Phi) is 11.5. The second kappa shape index (κ2) is 15.5. The Morgan fingerprint density at radius 3 is 1.98 bits per heavy atom. The van der Waals surface area contributed by atoms with E-state index in [0.717, 1.165) is 6.42 Å². The minimum absolute atomic E-state index is 0. The van der Waals surface area contributed by atoms with Gasteiger partial charge in [0.25, 0.3) is 0 Å². The summed E-state index contributed by atoms with van der Waals surface area (Å²) in [4.78, 5) is 0. The third-order valence-corrected chi connectivity index (χ3v) is 9.24. The fraction of sp³-hybridized carbons (Fsp3) is 0.0513. The first kappa shape index (κ1) is 30.5. The molecule has 0 spiro atoms. The van der Waals surface area contributed by atoms with Gasteiger partial charge in [-0.25, -0.2) is 0 Å². The number of hydrogen-bond acceptors (Lipinski definition) is 0. The van der Waals surface area contributed by atoms with Crippen LogP contribution in [0.2, 0.25) is 0 Å². The molecule has 41 heavy (non-hydrogen) atoms. The molecule has 1 aliphatic rings. The summed E-state index contributed by atoms with van der Waals surface area (Å²) in [6.07, 6.45) is 6.62. The van der Waals surface area contributed by atoms with Crippen molar-refractivity contribution in [2.24, 2.45) is 0 Å². The monoisotopic (exact) mass is 622 g/mol. The molecular weight excluding hydrogens is 591 g/mol. The zero-order valence-corrected chi connectivity index (χ0v) is 26.7. The van der Waals surface area contributed by atoms with E-state index in [0.29, 0.717) is 0 Å². The Morgan fingerprint density at radius 1 is 0.732 bits per heavy atom. The fourth-order valence-electron chi connectivity index (χ4n) is 5.00. The van der Waals surface area contributed by atoms with Crippen molar-refractivity contribution in [2.45, 2.75) is 13.3 Å². The molecule has 6 aromatic carbocycles. The Hall–Kier alpha value is -3.50. The zero-order chi connectivity index (χ0) is 27.6. The van der Waals surface area contributed by atoms with E-state index in [1.165, 1.54) is 48.9 Å². The predicted molar refractivity (Wildman–Crippen MR) is 177 cm³/mol. The van der Waals surface area contributed by atoms with Gasteiger partial charge < -0.3 is 0 Å². The molecule has 0 nitrogen and oxygen atoms in total. The van der Waals surface area contributed by atoms with Crippen LogP contribution in [0.5, 0.6) is 0 Å². The smallest absolute Gasteiger partial charge is 0.179 e. The molecule has 0 bridgehead atoms. The van der Waals surface area contributed by atoms with Crippen LogP contribution in [-0.2, 0) is 32.6 Å².